The second-order valence-electron chi connectivity index (χ2n) is 6.16. The molecule has 1 aliphatic heterocycles. The number of nitrogens with zero attached hydrogens (tertiary/aromatic N) is 1. The summed E-state index contributed by atoms with van der Waals surface area (Å²) in [6.45, 7) is 5.48. The molecule has 1 aromatic rings. The molecule has 1 saturated heterocycles. The maximum Gasteiger partial charge on any atom is 0.409 e. The number of nitrogens with one attached hydrogen (secondary N) is 2. The van der Waals surface area contributed by atoms with Gasteiger partial charge < -0.3 is 25.0 Å². The summed E-state index contributed by atoms with van der Waals surface area (Å²) in [7, 11) is 0. The number of anilines is 1. The highest BCUT2D eigenvalue weighted by atomic mass is 16.6. The van der Waals surface area contributed by atoms with E-state index in [1.54, 1.807) is 43.0 Å². The summed E-state index contributed by atoms with van der Waals surface area (Å²) in [5.41, 5.74) is 0.760. The minimum atomic E-state index is -0.465. The number of carbonyl (C=O) groups is 3. The van der Waals surface area contributed by atoms with Crippen LogP contribution in [0.25, 0.3) is 0 Å². The van der Waals surface area contributed by atoms with Crippen LogP contribution in [0.5, 0.6) is 0 Å². The molecule has 1 aliphatic rings. The van der Waals surface area contributed by atoms with Crippen molar-refractivity contribution in [2.75, 3.05) is 38.2 Å². The third kappa shape index (κ3) is 6.25. The Hall–Kier alpha value is -2.61. The molecule has 0 unspecified atom stereocenters. The zero-order chi connectivity index (χ0) is 19.6. The zero-order valence-electron chi connectivity index (χ0n) is 15.8. The summed E-state index contributed by atoms with van der Waals surface area (Å²) in [5, 5.41) is 5.95. The Morgan fingerprint density at radius 1 is 1.07 bits per heavy atom. The highest BCUT2D eigenvalue weighted by molar-refractivity contribution is 6.01. The molecule has 2 N–H and O–H groups in total. The first-order valence-corrected chi connectivity index (χ1v) is 9.26. The quantitative estimate of drug-likeness (QED) is 0.706. The van der Waals surface area contributed by atoms with Crippen molar-refractivity contribution in [3.63, 3.8) is 0 Å². The van der Waals surface area contributed by atoms with E-state index in [-0.39, 0.29) is 31.2 Å². The van der Waals surface area contributed by atoms with Gasteiger partial charge in [0.1, 0.15) is 0 Å². The van der Waals surface area contributed by atoms with Crippen LogP contribution in [0, 0.1) is 0 Å². The van der Waals surface area contributed by atoms with Crippen LogP contribution in [-0.2, 0) is 14.3 Å². The van der Waals surface area contributed by atoms with Crippen LogP contribution < -0.4 is 10.6 Å². The topological polar surface area (TPSA) is 97.0 Å². The van der Waals surface area contributed by atoms with E-state index in [1.165, 1.54) is 0 Å². The van der Waals surface area contributed by atoms with Crippen molar-refractivity contribution in [3.8, 4) is 0 Å². The first-order chi connectivity index (χ1) is 13.0. The molecule has 0 atom stereocenters. The Morgan fingerprint density at radius 3 is 2.41 bits per heavy atom. The molecule has 1 heterocycles. The van der Waals surface area contributed by atoms with Crippen LogP contribution in [0.15, 0.2) is 24.3 Å². The molecule has 0 saturated carbocycles. The third-order valence-corrected chi connectivity index (χ3v) is 4.27. The van der Waals surface area contributed by atoms with E-state index in [0.29, 0.717) is 30.9 Å². The molecule has 0 aliphatic carbocycles. The summed E-state index contributed by atoms with van der Waals surface area (Å²) >= 11 is 0. The van der Waals surface area contributed by atoms with Crippen molar-refractivity contribution in [3.05, 3.63) is 29.8 Å². The highest BCUT2D eigenvalue weighted by Crippen LogP contribution is 2.16. The van der Waals surface area contributed by atoms with Crippen LogP contribution in [0.3, 0.4) is 0 Å². The van der Waals surface area contributed by atoms with Crippen molar-refractivity contribution < 1.29 is 23.9 Å². The van der Waals surface area contributed by atoms with Crippen molar-refractivity contribution in [2.45, 2.75) is 32.7 Å². The van der Waals surface area contributed by atoms with Crippen molar-refractivity contribution in [1.29, 1.82) is 0 Å². The van der Waals surface area contributed by atoms with E-state index >= 15 is 0 Å². The Balaban J connectivity index is 1.79. The summed E-state index contributed by atoms with van der Waals surface area (Å²) in [4.78, 5) is 37.6. The van der Waals surface area contributed by atoms with Crippen LogP contribution in [-0.4, -0.2) is 61.8 Å². The Kier molecular flexibility index (Phi) is 8.06. The van der Waals surface area contributed by atoms with Gasteiger partial charge in [0.05, 0.1) is 31.0 Å². The van der Waals surface area contributed by atoms with Gasteiger partial charge in [-0.05, 0) is 38.8 Å². The van der Waals surface area contributed by atoms with E-state index in [1.807, 2.05) is 0 Å². The number of hydrogen-bond donors (Lipinski definition) is 2. The van der Waals surface area contributed by atoms with Crippen molar-refractivity contribution in [1.82, 2.24) is 10.2 Å². The molecule has 8 heteroatoms. The minimum Gasteiger partial charge on any atom is -0.462 e. The smallest absolute Gasteiger partial charge is 0.409 e. The number of piperidine rings is 1. The van der Waals surface area contributed by atoms with Gasteiger partial charge >= 0.3 is 12.1 Å². The van der Waals surface area contributed by atoms with E-state index in [9.17, 15) is 14.4 Å². The van der Waals surface area contributed by atoms with E-state index in [4.69, 9.17) is 9.47 Å². The summed E-state index contributed by atoms with van der Waals surface area (Å²) < 4.78 is 10.00. The second kappa shape index (κ2) is 10.5. The number of ether oxygens (including phenoxy) is 2. The first kappa shape index (κ1) is 20.7. The number of benzene rings is 1. The third-order valence-electron chi connectivity index (χ3n) is 4.27. The number of amides is 2. The molecule has 1 fully saturated rings. The molecule has 148 valence electrons. The Morgan fingerprint density at radius 2 is 1.74 bits per heavy atom. The van der Waals surface area contributed by atoms with E-state index < -0.39 is 5.97 Å². The van der Waals surface area contributed by atoms with Crippen LogP contribution in [0.2, 0.25) is 0 Å². The van der Waals surface area contributed by atoms with Crippen LogP contribution in [0.1, 0.15) is 37.0 Å². The van der Waals surface area contributed by atoms with Gasteiger partial charge in [-0.25, -0.2) is 9.59 Å². The molecule has 2 rings (SSSR count). The largest absolute Gasteiger partial charge is 0.462 e. The van der Waals surface area contributed by atoms with E-state index in [2.05, 4.69) is 10.6 Å². The zero-order valence-corrected chi connectivity index (χ0v) is 15.8. The molecule has 0 aromatic heterocycles. The molecule has 0 bridgehead atoms. The molecule has 2 amide bonds. The Labute approximate surface area is 159 Å². The van der Waals surface area contributed by atoms with Crippen molar-refractivity contribution in [2.24, 2.45) is 0 Å². The van der Waals surface area contributed by atoms with Crippen LogP contribution >= 0.6 is 0 Å². The average molecular weight is 377 g/mol. The summed E-state index contributed by atoms with van der Waals surface area (Å²) in [5.74, 6) is -0.702. The number of esters is 1. The molecular weight excluding hydrogens is 350 g/mol. The van der Waals surface area contributed by atoms with Gasteiger partial charge in [0, 0.05) is 19.1 Å². The number of hydrogen-bond acceptors (Lipinski definition) is 6. The number of para-hydroxylation sites is 1. The van der Waals surface area contributed by atoms with E-state index in [0.717, 1.165) is 12.8 Å². The maximum absolute atomic E-state index is 12.2. The molecule has 27 heavy (non-hydrogen) atoms. The summed E-state index contributed by atoms with van der Waals surface area (Å²) in [6, 6.07) is 6.91. The van der Waals surface area contributed by atoms with Crippen LogP contribution in [0.4, 0.5) is 10.5 Å². The first-order valence-electron chi connectivity index (χ1n) is 9.26. The highest BCUT2D eigenvalue weighted by Gasteiger charge is 2.23. The molecule has 8 nitrogen and oxygen atoms in total. The minimum absolute atomic E-state index is 0.126. The number of rotatable bonds is 7. The fraction of sp³-hybridized carbons (Fsp3) is 0.526. The molecule has 1 aromatic carbocycles. The number of likely N-dealkylation sites (tertiary alicyclic amines) is 1. The lowest BCUT2D eigenvalue weighted by molar-refractivity contribution is -0.115. The van der Waals surface area contributed by atoms with Gasteiger partial charge in [-0.15, -0.1) is 0 Å². The predicted molar refractivity (Wildman–Crippen MR) is 101 cm³/mol. The number of carbonyl (C=O) groups excluding carboxylic acids is 3. The molecule has 0 radical (unpaired) electrons. The Bertz CT molecular complexity index is 657. The lowest BCUT2D eigenvalue weighted by atomic mass is 10.1. The van der Waals surface area contributed by atoms with Crippen molar-refractivity contribution >= 4 is 23.7 Å². The fourth-order valence-corrected chi connectivity index (χ4v) is 2.89. The molecule has 0 spiro atoms. The standard InChI is InChI=1S/C19H27N3O5/c1-3-26-18(24)15-7-5-6-8-16(15)21-17(23)13-20-14-9-11-22(12-10-14)19(25)27-4-2/h5-8,14,20H,3-4,9-13H2,1-2H3,(H,21,23). The van der Waals surface area contributed by atoms with Gasteiger partial charge in [-0.1, -0.05) is 12.1 Å². The fourth-order valence-electron chi connectivity index (χ4n) is 2.89. The monoisotopic (exact) mass is 377 g/mol. The lowest BCUT2D eigenvalue weighted by Gasteiger charge is -2.31. The maximum atomic E-state index is 12.2. The SMILES string of the molecule is CCOC(=O)c1ccccc1NC(=O)CNC1CCN(C(=O)OCC)CC1. The van der Waals surface area contributed by atoms with Gasteiger partial charge in [-0.2, -0.15) is 0 Å². The summed E-state index contributed by atoms with van der Waals surface area (Å²) in [6.07, 6.45) is 1.22. The lowest BCUT2D eigenvalue weighted by Crippen LogP contribution is -2.46. The predicted octanol–water partition coefficient (Wildman–Crippen LogP) is 2.01. The van der Waals surface area contributed by atoms with Gasteiger partial charge in [0.15, 0.2) is 0 Å². The average Bonchev–Trinajstić information content (AvgIpc) is 2.67. The van der Waals surface area contributed by atoms with Gasteiger partial charge in [0.25, 0.3) is 0 Å². The van der Waals surface area contributed by atoms with Gasteiger partial charge in [-0.3, -0.25) is 4.79 Å². The normalized spacial score (nSPS) is 14.5. The van der Waals surface area contributed by atoms with Gasteiger partial charge in [0.2, 0.25) is 5.91 Å². The molecular formula is C19H27N3O5. The second-order valence-corrected chi connectivity index (χ2v) is 6.16.